The van der Waals surface area contributed by atoms with Gasteiger partial charge < -0.3 is 10.3 Å². The molecule has 1 amide bonds. The van der Waals surface area contributed by atoms with E-state index in [0.717, 1.165) is 17.1 Å². The van der Waals surface area contributed by atoms with Crippen LogP contribution in [0.15, 0.2) is 59.4 Å². The van der Waals surface area contributed by atoms with E-state index >= 15 is 0 Å². The van der Waals surface area contributed by atoms with Crippen LogP contribution in [0.25, 0.3) is 16.6 Å². The minimum Gasteiger partial charge on any atom is -0.332 e. The number of anilines is 1. The lowest BCUT2D eigenvalue weighted by Crippen LogP contribution is -2.25. The van der Waals surface area contributed by atoms with E-state index in [1.54, 1.807) is 22.9 Å². The Morgan fingerprint density at radius 3 is 2.57 bits per heavy atom. The van der Waals surface area contributed by atoms with Crippen LogP contribution in [0, 0.1) is 18.6 Å². The van der Waals surface area contributed by atoms with Gasteiger partial charge in [-0.25, -0.2) is 4.68 Å². The number of aryl methyl sites for hydroxylation is 1. The van der Waals surface area contributed by atoms with Crippen LogP contribution in [-0.2, 0) is 11.3 Å². The number of hydrogen-bond acceptors (Lipinski definition) is 4. The molecule has 0 unspecified atom stereocenters. The van der Waals surface area contributed by atoms with Gasteiger partial charge in [-0.1, -0.05) is 30.3 Å². The molecule has 2 N–H and O–H groups in total. The van der Waals surface area contributed by atoms with Crippen molar-refractivity contribution in [2.24, 2.45) is 0 Å². The molecule has 4 rings (SSSR count). The van der Waals surface area contributed by atoms with Crippen molar-refractivity contribution < 1.29 is 4.79 Å². The Morgan fingerprint density at radius 2 is 1.80 bits per heavy atom. The monoisotopic (exact) mass is 419 g/mol. The summed E-state index contributed by atoms with van der Waals surface area (Å²) < 4.78 is 3.52. The molecule has 30 heavy (non-hydrogen) atoms. The van der Waals surface area contributed by atoms with E-state index in [2.05, 4.69) is 15.4 Å². The Kier molecular flexibility index (Phi) is 5.33. The number of H-pyrrole nitrogens is 1. The predicted octanol–water partition coefficient (Wildman–Crippen LogP) is 3.89. The normalized spacial score (nSPS) is 11.0. The second-order valence-electron chi connectivity index (χ2n) is 7.02. The number of benzene rings is 2. The number of aromatic nitrogens is 4. The molecule has 4 aromatic rings. The fourth-order valence-electron chi connectivity index (χ4n) is 3.46. The number of para-hydroxylation sites is 2. The molecule has 7 nitrogen and oxygen atoms in total. The van der Waals surface area contributed by atoms with Crippen molar-refractivity contribution in [2.75, 3.05) is 5.32 Å². The van der Waals surface area contributed by atoms with Gasteiger partial charge in [-0.05, 0) is 50.3 Å². The molecule has 152 valence electrons. The van der Waals surface area contributed by atoms with E-state index in [0.29, 0.717) is 21.4 Å². The van der Waals surface area contributed by atoms with E-state index < -0.39 is 0 Å². The lowest BCUT2D eigenvalue weighted by atomic mass is 10.2. The van der Waals surface area contributed by atoms with E-state index in [9.17, 15) is 9.59 Å². The van der Waals surface area contributed by atoms with E-state index in [1.165, 1.54) is 4.57 Å². The minimum absolute atomic E-state index is 0.116. The largest absolute Gasteiger partial charge is 0.332 e. The van der Waals surface area contributed by atoms with Gasteiger partial charge >= 0.3 is 0 Å². The zero-order valence-electron chi connectivity index (χ0n) is 16.7. The van der Waals surface area contributed by atoms with Crippen molar-refractivity contribution in [3.8, 4) is 5.69 Å². The summed E-state index contributed by atoms with van der Waals surface area (Å²) in [5.74, 6) is -0.205. The molecule has 0 fully saturated rings. The van der Waals surface area contributed by atoms with Gasteiger partial charge in [0, 0.05) is 13.0 Å². The SMILES string of the molecule is Cc1nn(-c2ccccc2)c(C)c1NC(=O)CCn1c(=S)[nH]c2ccccc2c1=O. The van der Waals surface area contributed by atoms with Crippen LogP contribution in [0.1, 0.15) is 17.8 Å². The van der Waals surface area contributed by atoms with Gasteiger partial charge in [-0.15, -0.1) is 0 Å². The molecule has 2 heterocycles. The van der Waals surface area contributed by atoms with E-state index in [1.807, 2.05) is 50.2 Å². The average Bonchev–Trinajstić information content (AvgIpc) is 3.02. The molecule has 0 aliphatic rings. The lowest BCUT2D eigenvalue weighted by molar-refractivity contribution is -0.116. The van der Waals surface area contributed by atoms with Crippen LogP contribution < -0.4 is 10.9 Å². The molecule has 8 heteroatoms. The summed E-state index contributed by atoms with van der Waals surface area (Å²) in [5, 5.41) is 8.02. The molecular weight excluding hydrogens is 398 g/mol. The number of fused-ring (bicyclic) bond motifs is 1. The number of aromatic amines is 1. The number of hydrogen-bond donors (Lipinski definition) is 2. The van der Waals surface area contributed by atoms with Crippen LogP contribution in [0.4, 0.5) is 5.69 Å². The number of amides is 1. The third kappa shape index (κ3) is 3.69. The number of nitrogens with zero attached hydrogens (tertiary/aromatic N) is 3. The van der Waals surface area contributed by atoms with Crippen LogP contribution in [0.2, 0.25) is 0 Å². The first-order chi connectivity index (χ1) is 14.5. The highest BCUT2D eigenvalue weighted by atomic mass is 32.1. The number of carbonyl (C=O) groups excluding carboxylic acids is 1. The Hall–Kier alpha value is -3.52. The molecular formula is C22H21N5O2S. The Morgan fingerprint density at radius 1 is 1.10 bits per heavy atom. The van der Waals surface area contributed by atoms with Gasteiger partial charge in [-0.2, -0.15) is 5.10 Å². The average molecular weight is 420 g/mol. The van der Waals surface area contributed by atoms with Crippen molar-refractivity contribution in [3.05, 3.63) is 81.1 Å². The van der Waals surface area contributed by atoms with Crippen molar-refractivity contribution in [3.63, 3.8) is 0 Å². The highest BCUT2D eigenvalue weighted by molar-refractivity contribution is 7.71. The molecule has 0 spiro atoms. The highest BCUT2D eigenvalue weighted by Gasteiger charge is 2.15. The van der Waals surface area contributed by atoms with Crippen LogP contribution in [0.3, 0.4) is 0 Å². The van der Waals surface area contributed by atoms with Crippen molar-refractivity contribution in [2.45, 2.75) is 26.8 Å². The summed E-state index contributed by atoms with van der Waals surface area (Å²) in [6, 6.07) is 16.9. The van der Waals surface area contributed by atoms with Gasteiger partial charge in [0.05, 0.1) is 33.7 Å². The van der Waals surface area contributed by atoms with Crippen LogP contribution in [0.5, 0.6) is 0 Å². The van der Waals surface area contributed by atoms with E-state index in [-0.39, 0.29) is 24.4 Å². The minimum atomic E-state index is -0.205. The summed E-state index contributed by atoms with van der Waals surface area (Å²) >= 11 is 5.31. The lowest BCUT2D eigenvalue weighted by Gasteiger charge is -2.09. The topological polar surface area (TPSA) is 84.7 Å². The van der Waals surface area contributed by atoms with Gasteiger partial charge in [0.1, 0.15) is 0 Å². The first-order valence-electron chi connectivity index (χ1n) is 9.59. The molecule has 2 aromatic heterocycles. The fourth-order valence-corrected chi connectivity index (χ4v) is 3.75. The Labute approximate surface area is 178 Å². The second-order valence-corrected chi connectivity index (χ2v) is 7.41. The molecule has 0 atom stereocenters. The summed E-state index contributed by atoms with van der Waals surface area (Å²) in [4.78, 5) is 28.4. The zero-order valence-corrected chi connectivity index (χ0v) is 17.5. The summed E-state index contributed by atoms with van der Waals surface area (Å²) in [6.45, 7) is 3.95. The van der Waals surface area contributed by atoms with Crippen molar-refractivity contribution in [1.29, 1.82) is 0 Å². The zero-order chi connectivity index (χ0) is 21.3. The summed E-state index contributed by atoms with van der Waals surface area (Å²) in [6.07, 6.45) is 0.116. The molecule has 0 saturated carbocycles. The Balaban J connectivity index is 1.53. The second kappa shape index (κ2) is 8.08. The van der Waals surface area contributed by atoms with Gasteiger partial charge in [0.15, 0.2) is 4.77 Å². The van der Waals surface area contributed by atoms with Crippen molar-refractivity contribution in [1.82, 2.24) is 19.3 Å². The number of carbonyl (C=O) groups is 1. The summed E-state index contributed by atoms with van der Waals surface area (Å²) in [5.41, 5.74) is 3.66. The first kappa shape index (κ1) is 19.8. The highest BCUT2D eigenvalue weighted by Crippen LogP contribution is 2.23. The van der Waals surface area contributed by atoms with Crippen LogP contribution >= 0.6 is 12.2 Å². The molecule has 2 aromatic carbocycles. The van der Waals surface area contributed by atoms with Gasteiger partial charge in [-0.3, -0.25) is 14.2 Å². The summed E-state index contributed by atoms with van der Waals surface area (Å²) in [7, 11) is 0. The van der Waals surface area contributed by atoms with Gasteiger partial charge in [0.25, 0.3) is 5.56 Å². The number of nitrogens with one attached hydrogen (secondary N) is 2. The van der Waals surface area contributed by atoms with E-state index in [4.69, 9.17) is 12.2 Å². The fraction of sp³-hybridized carbons (Fsp3) is 0.182. The third-order valence-electron chi connectivity index (χ3n) is 5.01. The quantitative estimate of drug-likeness (QED) is 0.481. The molecule has 0 aliphatic heterocycles. The van der Waals surface area contributed by atoms with Crippen LogP contribution in [-0.4, -0.2) is 25.2 Å². The smallest absolute Gasteiger partial charge is 0.262 e. The maximum Gasteiger partial charge on any atom is 0.262 e. The van der Waals surface area contributed by atoms with Gasteiger partial charge in [0.2, 0.25) is 5.91 Å². The molecule has 0 bridgehead atoms. The maximum absolute atomic E-state index is 12.7. The molecule has 0 aliphatic carbocycles. The standard InChI is InChI=1S/C22H21N5O2S/c1-14-20(15(2)27(25-14)16-8-4-3-5-9-16)24-19(28)12-13-26-21(29)17-10-6-7-11-18(17)23-22(26)30/h3-11H,12-13H2,1-2H3,(H,23,30)(H,24,28). The molecule has 0 radical (unpaired) electrons. The Bertz CT molecular complexity index is 1350. The molecule has 0 saturated heterocycles. The first-order valence-corrected chi connectivity index (χ1v) is 10.00. The number of rotatable bonds is 5. The van der Waals surface area contributed by atoms with Crippen molar-refractivity contribution >= 4 is 34.7 Å². The maximum atomic E-state index is 12.7. The predicted molar refractivity (Wildman–Crippen MR) is 120 cm³/mol. The third-order valence-corrected chi connectivity index (χ3v) is 5.33.